The summed E-state index contributed by atoms with van der Waals surface area (Å²) in [6.07, 6.45) is 10.1. The molecule has 2 saturated carbocycles. The van der Waals surface area contributed by atoms with Gasteiger partial charge in [0.1, 0.15) is 5.82 Å². The molecule has 3 aliphatic rings. The van der Waals surface area contributed by atoms with Crippen molar-refractivity contribution in [2.45, 2.75) is 76.5 Å². The molecule has 0 amide bonds. The molecule has 31 heavy (non-hydrogen) atoms. The van der Waals surface area contributed by atoms with Crippen molar-refractivity contribution in [2.24, 2.45) is 5.92 Å². The smallest absolute Gasteiger partial charge is 0.308 e. The molecule has 0 spiro atoms. The van der Waals surface area contributed by atoms with E-state index in [2.05, 4.69) is 28.5 Å². The van der Waals surface area contributed by atoms with Gasteiger partial charge < -0.3 is 15.3 Å². The highest BCUT2D eigenvalue weighted by Gasteiger charge is 2.30. The van der Waals surface area contributed by atoms with Crippen molar-refractivity contribution in [3.8, 4) is 0 Å². The molecule has 1 saturated heterocycles. The van der Waals surface area contributed by atoms with Crippen LogP contribution in [0, 0.1) is 12.8 Å². The molecule has 0 bridgehead atoms. The van der Waals surface area contributed by atoms with Crippen LogP contribution >= 0.6 is 0 Å². The average molecular weight is 425 g/mol. The number of piperidine rings is 1. The highest BCUT2D eigenvalue weighted by molar-refractivity contribution is 5.71. The zero-order valence-corrected chi connectivity index (χ0v) is 18.2. The Bertz CT molecular complexity index is 948. The standard InChI is InChI=1S/C23H32N6O2/c1-14-20(16-6-3-2-4-7-16)21(25-19-12-18(27-28-19)15-9-10-15)26-23(24-14)29-11-5-8-17(13-29)22(30)31/h12,15-17H,2-11,13H2,1H3,(H,30,31)(H2,24,25,26,27,28). The van der Waals surface area contributed by atoms with Gasteiger partial charge in [0.15, 0.2) is 5.82 Å². The molecule has 3 N–H and O–H groups in total. The third-order valence-electron chi connectivity index (χ3n) is 7.05. The van der Waals surface area contributed by atoms with Crippen LogP contribution in [-0.4, -0.2) is 44.3 Å². The number of aromatic nitrogens is 4. The molecule has 1 atom stereocenters. The van der Waals surface area contributed by atoms with Gasteiger partial charge in [-0.25, -0.2) is 4.98 Å². The number of carboxylic acid groups (broad SMARTS) is 1. The van der Waals surface area contributed by atoms with Gasteiger partial charge in [-0.2, -0.15) is 10.1 Å². The summed E-state index contributed by atoms with van der Waals surface area (Å²) in [5.74, 6) is 2.24. The number of hydrogen-bond acceptors (Lipinski definition) is 6. The second kappa shape index (κ2) is 8.48. The second-order valence-corrected chi connectivity index (χ2v) is 9.44. The van der Waals surface area contributed by atoms with Crippen molar-refractivity contribution in [3.63, 3.8) is 0 Å². The van der Waals surface area contributed by atoms with Crippen molar-refractivity contribution >= 4 is 23.6 Å². The Morgan fingerprint density at radius 3 is 2.65 bits per heavy atom. The molecule has 0 aromatic carbocycles. The Morgan fingerprint density at radius 2 is 1.90 bits per heavy atom. The first kappa shape index (κ1) is 20.3. The summed E-state index contributed by atoms with van der Waals surface area (Å²) in [6.45, 7) is 3.32. The van der Waals surface area contributed by atoms with E-state index < -0.39 is 5.97 Å². The van der Waals surface area contributed by atoms with Gasteiger partial charge in [-0.05, 0) is 51.4 Å². The van der Waals surface area contributed by atoms with Crippen molar-refractivity contribution < 1.29 is 9.90 Å². The van der Waals surface area contributed by atoms with Crippen LogP contribution in [0.3, 0.4) is 0 Å². The number of carbonyl (C=O) groups is 1. The predicted molar refractivity (Wildman–Crippen MR) is 119 cm³/mol. The van der Waals surface area contributed by atoms with Gasteiger partial charge in [-0.1, -0.05) is 19.3 Å². The number of rotatable bonds is 6. The first-order valence-electron chi connectivity index (χ1n) is 11.8. The second-order valence-electron chi connectivity index (χ2n) is 9.44. The van der Waals surface area contributed by atoms with E-state index in [0.29, 0.717) is 30.7 Å². The van der Waals surface area contributed by atoms with Crippen LogP contribution in [0.15, 0.2) is 6.07 Å². The number of aryl methyl sites for hydroxylation is 1. The van der Waals surface area contributed by atoms with Crippen molar-refractivity contribution in [1.82, 2.24) is 20.2 Å². The summed E-state index contributed by atoms with van der Waals surface area (Å²) in [6, 6.07) is 2.10. The Labute approximate surface area is 182 Å². The fourth-order valence-corrected chi connectivity index (χ4v) is 5.17. The van der Waals surface area contributed by atoms with Gasteiger partial charge >= 0.3 is 5.97 Å². The van der Waals surface area contributed by atoms with Gasteiger partial charge in [-0.3, -0.25) is 9.89 Å². The third kappa shape index (κ3) is 4.38. The van der Waals surface area contributed by atoms with Crippen LogP contribution in [0.5, 0.6) is 0 Å². The molecule has 2 aromatic rings. The van der Waals surface area contributed by atoms with Crippen LogP contribution in [0.4, 0.5) is 17.6 Å². The lowest BCUT2D eigenvalue weighted by atomic mass is 9.83. The Balaban J connectivity index is 1.47. The largest absolute Gasteiger partial charge is 0.481 e. The highest BCUT2D eigenvalue weighted by Crippen LogP contribution is 2.41. The minimum atomic E-state index is -0.734. The van der Waals surface area contributed by atoms with E-state index in [1.54, 1.807) is 0 Å². The normalized spacial score (nSPS) is 22.5. The summed E-state index contributed by atoms with van der Waals surface area (Å²) < 4.78 is 0. The first-order valence-corrected chi connectivity index (χ1v) is 11.8. The number of aromatic amines is 1. The average Bonchev–Trinajstić information content (AvgIpc) is 3.53. The molecule has 8 nitrogen and oxygen atoms in total. The molecule has 5 rings (SSSR count). The van der Waals surface area contributed by atoms with Crippen molar-refractivity contribution in [2.75, 3.05) is 23.3 Å². The Kier molecular flexibility index (Phi) is 5.54. The molecule has 8 heteroatoms. The molecule has 2 aliphatic carbocycles. The fraction of sp³-hybridized carbons (Fsp3) is 0.652. The molecule has 166 valence electrons. The molecule has 2 aromatic heterocycles. The zero-order valence-electron chi connectivity index (χ0n) is 18.2. The summed E-state index contributed by atoms with van der Waals surface area (Å²) in [5, 5.41) is 20.6. The lowest BCUT2D eigenvalue weighted by Crippen LogP contribution is -2.39. The highest BCUT2D eigenvalue weighted by atomic mass is 16.4. The third-order valence-corrected chi connectivity index (χ3v) is 7.05. The van der Waals surface area contributed by atoms with Gasteiger partial charge in [0.2, 0.25) is 5.95 Å². The van der Waals surface area contributed by atoms with Gasteiger partial charge in [0, 0.05) is 42.0 Å². The Hall–Kier alpha value is -2.64. The van der Waals surface area contributed by atoms with Gasteiger partial charge in [-0.15, -0.1) is 0 Å². The van der Waals surface area contributed by atoms with Crippen LogP contribution in [0.25, 0.3) is 0 Å². The van der Waals surface area contributed by atoms with Gasteiger partial charge in [0.25, 0.3) is 0 Å². The SMILES string of the molecule is Cc1nc(N2CCCC(C(=O)O)C2)nc(Nc2cc(C3CC3)[nH]n2)c1C1CCCCC1. The first-order chi connectivity index (χ1) is 15.1. The number of aliphatic carboxylic acids is 1. The molecular weight excluding hydrogens is 392 g/mol. The number of carboxylic acids is 1. The molecule has 1 aliphatic heterocycles. The minimum absolute atomic E-state index is 0.362. The van der Waals surface area contributed by atoms with E-state index in [4.69, 9.17) is 9.97 Å². The number of nitrogens with one attached hydrogen (secondary N) is 2. The minimum Gasteiger partial charge on any atom is -0.481 e. The maximum atomic E-state index is 11.5. The lowest BCUT2D eigenvalue weighted by molar-refractivity contribution is -0.141. The van der Waals surface area contributed by atoms with E-state index >= 15 is 0 Å². The number of H-pyrrole nitrogens is 1. The lowest BCUT2D eigenvalue weighted by Gasteiger charge is -2.32. The predicted octanol–water partition coefficient (Wildman–Crippen LogP) is 4.48. The molecule has 0 radical (unpaired) electrons. The van der Waals surface area contributed by atoms with Crippen LogP contribution in [0.2, 0.25) is 0 Å². The maximum Gasteiger partial charge on any atom is 0.308 e. The van der Waals surface area contributed by atoms with Crippen LogP contribution < -0.4 is 10.2 Å². The van der Waals surface area contributed by atoms with Crippen LogP contribution in [0.1, 0.15) is 86.6 Å². The monoisotopic (exact) mass is 424 g/mol. The Morgan fingerprint density at radius 1 is 1.10 bits per heavy atom. The van der Waals surface area contributed by atoms with E-state index in [9.17, 15) is 9.90 Å². The van der Waals surface area contributed by atoms with Crippen molar-refractivity contribution in [3.05, 3.63) is 23.0 Å². The van der Waals surface area contributed by atoms with E-state index in [-0.39, 0.29) is 5.92 Å². The summed E-state index contributed by atoms with van der Waals surface area (Å²) in [7, 11) is 0. The summed E-state index contributed by atoms with van der Waals surface area (Å²) in [4.78, 5) is 23.4. The number of anilines is 3. The topological polar surface area (TPSA) is 107 Å². The van der Waals surface area contributed by atoms with Crippen LogP contribution in [-0.2, 0) is 4.79 Å². The molecule has 1 unspecified atom stereocenters. The van der Waals surface area contributed by atoms with Crippen molar-refractivity contribution in [1.29, 1.82) is 0 Å². The van der Waals surface area contributed by atoms with E-state index in [1.165, 1.54) is 43.4 Å². The summed E-state index contributed by atoms with van der Waals surface area (Å²) >= 11 is 0. The number of nitrogens with zero attached hydrogens (tertiary/aromatic N) is 4. The zero-order chi connectivity index (χ0) is 21.4. The number of hydrogen-bond donors (Lipinski definition) is 3. The molecular formula is C23H32N6O2. The summed E-state index contributed by atoms with van der Waals surface area (Å²) in [5.41, 5.74) is 3.38. The maximum absolute atomic E-state index is 11.5. The van der Waals surface area contributed by atoms with Gasteiger partial charge in [0.05, 0.1) is 5.92 Å². The fourth-order valence-electron chi connectivity index (χ4n) is 5.17. The quantitative estimate of drug-likeness (QED) is 0.628. The van der Waals surface area contributed by atoms with E-state index in [1.807, 2.05) is 4.90 Å². The van der Waals surface area contributed by atoms with E-state index in [0.717, 1.165) is 43.1 Å². The molecule has 3 heterocycles. The molecule has 3 fully saturated rings.